The molecule has 0 radical (unpaired) electrons. The van der Waals surface area contributed by atoms with E-state index >= 15 is 0 Å². The summed E-state index contributed by atoms with van der Waals surface area (Å²) in [6.07, 6.45) is 1.98. The third-order valence-electron chi connectivity index (χ3n) is 4.39. The summed E-state index contributed by atoms with van der Waals surface area (Å²) in [5.41, 5.74) is 2.17. The normalized spacial score (nSPS) is 13.8. The van der Waals surface area contributed by atoms with Gasteiger partial charge >= 0.3 is 0 Å². The Hall–Kier alpha value is -2.46. The topological polar surface area (TPSA) is 33.2 Å². The molecule has 0 aliphatic heterocycles. The van der Waals surface area contributed by atoms with Crippen molar-refractivity contribution in [2.45, 2.75) is 25.4 Å². The average Bonchev–Trinajstić information content (AvgIpc) is 3.43. The van der Waals surface area contributed by atoms with Gasteiger partial charge in [0.1, 0.15) is 11.0 Å². The smallest absolute Gasteiger partial charge is 0.254 e. The number of rotatable bonds is 4. The quantitative estimate of drug-likeness (QED) is 0.628. The van der Waals surface area contributed by atoms with Gasteiger partial charge in [0, 0.05) is 23.5 Å². The Morgan fingerprint density at radius 3 is 2.76 bits per heavy atom. The van der Waals surface area contributed by atoms with E-state index < -0.39 is 0 Å². The lowest BCUT2D eigenvalue weighted by Gasteiger charge is -2.23. The van der Waals surface area contributed by atoms with Crippen LogP contribution >= 0.6 is 11.6 Å². The van der Waals surface area contributed by atoms with Crippen LogP contribution < -0.4 is 0 Å². The molecular weight excluding hydrogens is 339 g/mol. The SMILES string of the molecule is O=C(c1ccc2nc(Cl)ccc2c1)N(Cc1cccc(F)c1)C1CC1. The van der Waals surface area contributed by atoms with Crippen LogP contribution in [-0.4, -0.2) is 21.8 Å². The molecule has 1 fully saturated rings. The van der Waals surface area contributed by atoms with E-state index in [-0.39, 0.29) is 17.8 Å². The molecule has 1 aromatic heterocycles. The van der Waals surface area contributed by atoms with Crippen LogP contribution in [0.1, 0.15) is 28.8 Å². The lowest BCUT2D eigenvalue weighted by Crippen LogP contribution is -2.32. The van der Waals surface area contributed by atoms with Crippen molar-refractivity contribution in [3.63, 3.8) is 0 Å². The molecule has 1 heterocycles. The first-order valence-electron chi connectivity index (χ1n) is 8.22. The summed E-state index contributed by atoms with van der Waals surface area (Å²) in [5.74, 6) is -0.321. The minimum absolute atomic E-state index is 0.0383. The number of hydrogen-bond donors (Lipinski definition) is 0. The van der Waals surface area contributed by atoms with Gasteiger partial charge in [-0.1, -0.05) is 23.7 Å². The van der Waals surface area contributed by atoms with Crippen molar-refractivity contribution < 1.29 is 9.18 Å². The largest absolute Gasteiger partial charge is 0.331 e. The van der Waals surface area contributed by atoms with Crippen LogP contribution in [0.15, 0.2) is 54.6 Å². The predicted octanol–water partition coefficient (Wildman–Crippen LogP) is 4.83. The summed E-state index contributed by atoms with van der Waals surface area (Å²) in [6, 6.07) is 15.6. The van der Waals surface area contributed by atoms with E-state index in [2.05, 4.69) is 4.98 Å². The summed E-state index contributed by atoms with van der Waals surface area (Å²) < 4.78 is 13.4. The van der Waals surface area contributed by atoms with Gasteiger partial charge in [-0.3, -0.25) is 4.79 Å². The van der Waals surface area contributed by atoms with Gasteiger partial charge in [-0.05, 0) is 60.9 Å². The number of halogens is 2. The minimum atomic E-state index is -0.283. The second kappa shape index (κ2) is 6.45. The van der Waals surface area contributed by atoms with Crippen LogP contribution in [0.25, 0.3) is 10.9 Å². The predicted molar refractivity (Wildman–Crippen MR) is 96.0 cm³/mol. The highest BCUT2D eigenvalue weighted by atomic mass is 35.5. The fraction of sp³-hybridized carbons (Fsp3) is 0.200. The van der Waals surface area contributed by atoms with Crippen molar-refractivity contribution in [1.82, 2.24) is 9.88 Å². The highest BCUT2D eigenvalue weighted by molar-refractivity contribution is 6.29. The number of fused-ring (bicyclic) bond motifs is 1. The molecule has 0 saturated heterocycles. The summed E-state index contributed by atoms with van der Waals surface area (Å²) >= 11 is 5.91. The molecule has 4 rings (SSSR count). The summed E-state index contributed by atoms with van der Waals surface area (Å²) in [5, 5.41) is 1.30. The van der Waals surface area contributed by atoms with Crippen molar-refractivity contribution in [2.75, 3.05) is 0 Å². The standard InChI is InChI=1S/C20H16ClFN2O/c21-19-9-5-14-11-15(4-8-18(14)23-19)20(25)24(17-6-7-17)12-13-2-1-3-16(22)10-13/h1-5,8-11,17H,6-7,12H2. The van der Waals surface area contributed by atoms with Crippen LogP contribution in [0.3, 0.4) is 0 Å². The van der Waals surface area contributed by atoms with Gasteiger partial charge in [0.25, 0.3) is 5.91 Å². The molecule has 1 amide bonds. The molecule has 126 valence electrons. The molecule has 2 aromatic carbocycles. The molecule has 0 atom stereocenters. The van der Waals surface area contributed by atoms with Crippen LogP contribution in [0.4, 0.5) is 4.39 Å². The highest BCUT2D eigenvalue weighted by Crippen LogP contribution is 2.30. The van der Waals surface area contributed by atoms with Gasteiger partial charge in [-0.15, -0.1) is 0 Å². The Kier molecular flexibility index (Phi) is 4.14. The Morgan fingerprint density at radius 2 is 2.00 bits per heavy atom. The van der Waals surface area contributed by atoms with E-state index in [0.717, 1.165) is 29.3 Å². The minimum Gasteiger partial charge on any atom is -0.331 e. The van der Waals surface area contributed by atoms with Crippen molar-refractivity contribution in [1.29, 1.82) is 0 Å². The summed E-state index contributed by atoms with van der Waals surface area (Å²) in [6.45, 7) is 0.415. The number of nitrogens with zero attached hydrogens (tertiary/aromatic N) is 2. The van der Waals surface area contributed by atoms with Gasteiger partial charge < -0.3 is 4.90 Å². The second-order valence-corrected chi connectivity index (χ2v) is 6.72. The molecule has 0 bridgehead atoms. The van der Waals surface area contributed by atoms with E-state index in [1.165, 1.54) is 12.1 Å². The zero-order valence-electron chi connectivity index (χ0n) is 13.5. The lowest BCUT2D eigenvalue weighted by molar-refractivity contribution is 0.0730. The maximum atomic E-state index is 13.4. The zero-order chi connectivity index (χ0) is 17.4. The van der Waals surface area contributed by atoms with Crippen LogP contribution in [0.5, 0.6) is 0 Å². The second-order valence-electron chi connectivity index (χ2n) is 6.34. The summed E-state index contributed by atoms with van der Waals surface area (Å²) in [4.78, 5) is 19.1. The number of carbonyl (C=O) groups is 1. The third kappa shape index (κ3) is 3.49. The lowest BCUT2D eigenvalue weighted by atomic mass is 10.1. The molecule has 1 aliphatic rings. The van der Waals surface area contributed by atoms with Gasteiger partial charge in [-0.25, -0.2) is 9.37 Å². The van der Waals surface area contributed by atoms with Crippen molar-refractivity contribution in [2.24, 2.45) is 0 Å². The number of carbonyl (C=O) groups excluding carboxylic acids is 1. The van der Waals surface area contributed by atoms with Crippen molar-refractivity contribution in [3.05, 3.63) is 76.7 Å². The third-order valence-corrected chi connectivity index (χ3v) is 4.60. The Bertz CT molecular complexity index is 955. The summed E-state index contributed by atoms with van der Waals surface area (Å²) in [7, 11) is 0. The molecule has 1 aliphatic carbocycles. The first-order chi connectivity index (χ1) is 12.1. The molecule has 25 heavy (non-hydrogen) atoms. The van der Waals surface area contributed by atoms with Gasteiger partial charge in [-0.2, -0.15) is 0 Å². The number of benzene rings is 2. The van der Waals surface area contributed by atoms with E-state index in [4.69, 9.17) is 11.6 Å². The number of pyridine rings is 1. The number of hydrogen-bond acceptors (Lipinski definition) is 2. The van der Waals surface area contributed by atoms with E-state index in [0.29, 0.717) is 17.3 Å². The molecule has 0 N–H and O–H groups in total. The number of aromatic nitrogens is 1. The first-order valence-corrected chi connectivity index (χ1v) is 8.60. The highest BCUT2D eigenvalue weighted by Gasteiger charge is 2.33. The van der Waals surface area contributed by atoms with Crippen LogP contribution in [0.2, 0.25) is 5.15 Å². The van der Waals surface area contributed by atoms with Gasteiger partial charge in [0.2, 0.25) is 0 Å². The van der Waals surface area contributed by atoms with E-state index in [1.54, 1.807) is 18.2 Å². The van der Waals surface area contributed by atoms with Crippen LogP contribution in [-0.2, 0) is 6.54 Å². The van der Waals surface area contributed by atoms with Crippen molar-refractivity contribution in [3.8, 4) is 0 Å². The molecular formula is C20H16ClFN2O. The molecule has 1 saturated carbocycles. The Balaban J connectivity index is 1.63. The molecule has 3 aromatic rings. The fourth-order valence-corrected chi connectivity index (χ4v) is 3.14. The molecule has 0 unspecified atom stereocenters. The maximum Gasteiger partial charge on any atom is 0.254 e. The first kappa shape index (κ1) is 16.0. The Labute approximate surface area is 150 Å². The van der Waals surface area contributed by atoms with E-state index in [1.807, 2.05) is 29.2 Å². The monoisotopic (exact) mass is 354 g/mol. The van der Waals surface area contributed by atoms with Crippen molar-refractivity contribution >= 4 is 28.4 Å². The van der Waals surface area contributed by atoms with Crippen LogP contribution in [0, 0.1) is 5.82 Å². The van der Waals surface area contributed by atoms with Gasteiger partial charge in [0.05, 0.1) is 5.52 Å². The zero-order valence-corrected chi connectivity index (χ0v) is 14.2. The molecule has 0 spiro atoms. The maximum absolute atomic E-state index is 13.4. The van der Waals surface area contributed by atoms with Gasteiger partial charge in [0.15, 0.2) is 0 Å². The Morgan fingerprint density at radius 1 is 1.16 bits per heavy atom. The molecule has 3 nitrogen and oxygen atoms in total. The number of amides is 1. The van der Waals surface area contributed by atoms with E-state index in [9.17, 15) is 9.18 Å². The fourth-order valence-electron chi connectivity index (χ4n) is 2.98. The average molecular weight is 355 g/mol. The molecule has 5 heteroatoms.